The molecule has 1 saturated heterocycles. The number of hydrogen-bond acceptors (Lipinski definition) is 4. The quantitative estimate of drug-likeness (QED) is 0.772. The molecule has 2 atom stereocenters. The molecule has 1 rings (SSSR count). The minimum atomic E-state index is -0.395. The molecule has 0 spiro atoms. The Morgan fingerprint density at radius 1 is 1.35 bits per heavy atom. The summed E-state index contributed by atoms with van der Waals surface area (Å²) in [5, 5.41) is 3.46. The standard InChI is InChI=1S/C11H20N2O3S/c1-4-16-10(14)5-12-11(15)13-6-8(2)17-9(3)7-13/h8-9H,4-7H2,1-3H3,(H,12,15). The van der Waals surface area contributed by atoms with Gasteiger partial charge in [0, 0.05) is 23.6 Å². The Kier molecular flexibility index (Phi) is 5.61. The first-order valence-corrected chi connectivity index (χ1v) is 6.81. The smallest absolute Gasteiger partial charge is 0.325 e. The van der Waals surface area contributed by atoms with E-state index < -0.39 is 5.97 Å². The number of ether oxygens (including phenoxy) is 1. The fourth-order valence-electron chi connectivity index (χ4n) is 1.82. The molecule has 0 saturated carbocycles. The highest BCUT2D eigenvalue weighted by molar-refractivity contribution is 8.00. The molecular weight excluding hydrogens is 240 g/mol. The zero-order valence-corrected chi connectivity index (χ0v) is 11.4. The molecule has 1 fully saturated rings. The van der Waals surface area contributed by atoms with E-state index in [1.807, 2.05) is 11.8 Å². The van der Waals surface area contributed by atoms with Crippen molar-refractivity contribution in [3.8, 4) is 0 Å². The third kappa shape index (κ3) is 4.85. The summed E-state index contributed by atoms with van der Waals surface area (Å²) in [6.45, 7) is 7.68. The summed E-state index contributed by atoms with van der Waals surface area (Å²) in [6, 6.07) is -0.183. The maximum atomic E-state index is 11.8. The Bertz CT molecular complexity index is 276. The van der Waals surface area contributed by atoms with E-state index in [0.717, 1.165) is 13.1 Å². The van der Waals surface area contributed by atoms with Crippen LogP contribution in [0.5, 0.6) is 0 Å². The Labute approximate surface area is 106 Å². The molecule has 1 aliphatic rings. The van der Waals surface area contributed by atoms with Crippen LogP contribution in [0.1, 0.15) is 20.8 Å². The van der Waals surface area contributed by atoms with E-state index in [1.54, 1.807) is 11.8 Å². The molecule has 5 nitrogen and oxygen atoms in total. The van der Waals surface area contributed by atoms with Gasteiger partial charge in [0.05, 0.1) is 6.61 Å². The van der Waals surface area contributed by atoms with Crippen LogP contribution in [-0.2, 0) is 9.53 Å². The normalized spacial score (nSPS) is 24.3. The second kappa shape index (κ2) is 6.74. The predicted molar refractivity (Wildman–Crippen MR) is 68.1 cm³/mol. The van der Waals surface area contributed by atoms with E-state index in [4.69, 9.17) is 4.74 Å². The summed E-state index contributed by atoms with van der Waals surface area (Å²) in [5.74, 6) is -0.395. The SMILES string of the molecule is CCOC(=O)CNC(=O)N1CC(C)SC(C)C1. The van der Waals surface area contributed by atoms with Crippen molar-refractivity contribution in [3.05, 3.63) is 0 Å². The van der Waals surface area contributed by atoms with Crippen molar-refractivity contribution < 1.29 is 14.3 Å². The van der Waals surface area contributed by atoms with Crippen molar-refractivity contribution in [2.75, 3.05) is 26.2 Å². The Hall–Kier alpha value is -0.910. The third-order valence-corrected chi connectivity index (χ3v) is 3.62. The molecule has 0 aromatic rings. The number of amides is 2. The number of urea groups is 1. The lowest BCUT2D eigenvalue weighted by Gasteiger charge is -2.34. The van der Waals surface area contributed by atoms with Gasteiger partial charge in [0.2, 0.25) is 0 Å². The zero-order valence-electron chi connectivity index (χ0n) is 10.6. The van der Waals surface area contributed by atoms with Gasteiger partial charge in [-0.3, -0.25) is 4.79 Å². The van der Waals surface area contributed by atoms with Gasteiger partial charge < -0.3 is 15.0 Å². The van der Waals surface area contributed by atoms with Gasteiger partial charge >= 0.3 is 12.0 Å². The van der Waals surface area contributed by atoms with Gasteiger partial charge in [-0.1, -0.05) is 13.8 Å². The molecule has 0 aromatic heterocycles. The number of nitrogens with one attached hydrogen (secondary N) is 1. The minimum absolute atomic E-state index is 0.0565. The van der Waals surface area contributed by atoms with Crippen molar-refractivity contribution in [1.82, 2.24) is 10.2 Å². The summed E-state index contributed by atoms with van der Waals surface area (Å²) in [6.07, 6.45) is 0. The average Bonchev–Trinajstić information content (AvgIpc) is 2.25. The number of carbonyl (C=O) groups is 2. The van der Waals surface area contributed by atoms with Crippen LogP contribution < -0.4 is 5.32 Å². The number of esters is 1. The van der Waals surface area contributed by atoms with E-state index >= 15 is 0 Å². The zero-order chi connectivity index (χ0) is 12.8. The molecule has 0 aromatic carbocycles. The number of hydrogen-bond donors (Lipinski definition) is 1. The second-order valence-electron chi connectivity index (χ2n) is 4.13. The van der Waals surface area contributed by atoms with Gasteiger partial charge in [-0.2, -0.15) is 11.8 Å². The van der Waals surface area contributed by atoms with E-state index in [2.05, 4.69) is 19.2 Å². The highest BCUT2D eigenvalue weighted by Gasteiger charge is 2.25. The van der Waals surface area contributed by atoms with Gasteiger partial charge in [0.15, 0.2) is 0 Å². The first kappa shape index (κ1) is 14.2. The lowest BCUT2D eigenvalue weighted by molar-refractivity contribution is -0.141. The Balaban J connectivity index is 2.34. The maximum absolute atomic E-state index is 11.8. The maximum Gasteiger partial charge on any atom is 0.325 e. The van der Waals surface area contributed by atoms with Crippen molar-refractivity contribution in [3.63, 3.8) is 0 Å². The van der Waals surface area contributed by atoms with Crippen LogP contribution in [0.15, 0.2) is 0 Å². The molecule has 2 unspecified atom stereocenters. The third-order valence-electron chi connectivity index (χ3n) is 2.40. The van der Waals surface area contributed by atoms with Crippen LogP contribution in [-0.4, -0.2) is 53.6 Å². The van der Waals surface area contributed by atoms with Gasteiger partial charge in [-0.05, 0) is 6.92 Å². The predicted octanol–water partition coefficient (Wildman–Crippen LogP) is 1.08. The second-order valence-corrected chi connectivity index (χ2v) is 6.01. The number of nitrogens with zero attached hydrogens (tertiary/aromatic N) is 1. The molecule has 98 valence electrons. The van der Waals surface area contributed by atoms with Gasteiger partial charge in [0.1, 0.15) is 6.54 Å². The number of rotatable bonds is 3. The first-order valence-electron chi connectivity index (χ1n) is 5.86. The fourth-order valence-corrected chi connectivity index (χ4v) is 3.14. The van der Waals surface area contributed by atoms with E-state index in [9.17, 15) is 9.59 Å². The van der Waals surface area contributed by atoms with Gasteiger partial charge in [0.25, 0.3) is 0 Å². The van der Waals surface area contributed by atoms with Crippen molar-refractivity contribution in [1.29, 1.82) is 0 Å². The largest absolute Gasteiger partial charge is 0.465 e. The topological polar surface area (TPSA) is 58.6 Å². The van der Waals surface area contributed by atoms with Gasteiger partial charge in [-0.15, -0.1) is 0 Å². The molecule has 17 heavy (non-hydrogen) atoms. The highest BCUT2D eigenvalue weighted by atomic mass is 32.2. The molecule has 0 aliphatic carbocycles. The summed E-state index contributed by atoms with van der Waals surface area (Å²) in [4.78, 5) is 24.7. The lowest BCUT2D eigenvalue weighted by atomic mass is 10.3. The van der Waals surface area contributed by atoms with Crippen LogP contribution in [0, 0.1) is 0 Å². The van der Waals surface area contributed by atoms with E-state index in [1.165, 1.54) is 0 Å². The van der Waals surface area contributed by atoms with Crippen LogP contribution in [0.3, 0.4) is 0 Å². The molecule has 1 N–H and O–H groups in total. The highest BCUT2D eigenvalue weighted by Crippen LogP contribution is 2.24. The molecule has 1 heterocycles. The van der Waals surface area contributed by atoms with Crippen LogP contribution in [0.2, 0.25) is 0 Å². The summed E-state index contributed by atoms with van der Waals surface area (Å²) in [5.41, 5.74) is 0. The average molecular weight is 260 g/mol. The number of thioether (sulfide) groups is 1. The monoisotopic (exact) mass is 260 g/mol. The van der Waals surface area contributed by atoms with Crippen molar-refractivity contribution in [2.45, 2.75) is 31.3 Å². The fraction of sp³-hybridized carbons (Fsp3) is 0.818. The number of carbonyl (C=O) groups excluding carboxylic acids is 2. The molecule has 1 aliphatic heterocycles. The first-order chi connectivity index (χ1) is 8.02. The van der Waals surface area contributed by atoms with Crippen molar-refractivity contribution >= 4 is 23.8 Å². The molecular formula is C11H20N2O3S. The summed E-state index contributed by atoms with van der Waals surface area (Å²) >= 11 is 1.88. The van der Waals surface area contributed by atoms with Crippen molar-refractivity contribution in [2.24, 2.45) is 0 Å². The molecule has 0 bridgehead atoms. The van der Waals surface area contributed by atoms with Crippen LogP contribution in [0.25, 0.3) is 0 Å². The Morgan fingerprint density at radius 3 is 2.47 bits per heavy atom. The van der Waals surface area contributed by atoms with E-state index in [-0.39, 0.29) is 12.6 Å². The van der Waals surface area contributed by atoms with Crippen LogP contribution >= 0.6 is 11.8 Å². The summed E-state index contributed by atoms with van der Waals surface area (Å²) < 4.78 is 4.75. The molecule has 0 radical (unpaired) electrons. The lowest BCUT2D eigenvalue weighted by Crippen LogP contribution is -2.49. The molecule has 2 amide bonds. The molecule has 6 heteroatoms. The van der Waals surface area contributed by atoms with Crippen LogP contribution in [0.4, 0.5) is 4.79 Å². The van der Waals surface area contributed by atoms with E-state index in [0.29, 0.717) is 17.1 Å². The van der Waals surface area contributed by atoms with Gasteiger partial charge in [-0.25, -0.2) is 4.79 Å². The summed E-state index contributed by atoms with van der Waals surface area (Å²) in [7, 11) is 0. The Morgan fingerprint density at radius 2 is 1.94 bits per heavy atom. The minimum Gasteiger partial charge on any atom is -0.465 e.